The van der Waals surface area contributed by atoms with E-state index in [4.69, 9.17) is 22.5 Å². The van der Waals surface area contributed by atoms with Crippen LogP contribution in [-0.4, -0.2) is 34.9 Å². The third kappa shape index (κ3) is 4.54. The first kappa shape index (κ1) is 16.0. The van der Waals surface area contributed by atoms with Crippen molar-refractivity contribution < 1.29 is 10.0 Å². The number of rotatable bonds is 5. The molecule has 0 aromatic heterocycles. The smallest absolute Gasteiger partial charge is 0.254 e. The Balaban J connectivity index is 2.95. The maximum absolute atomic E-state index is 12.3. The predicted octanol–water partition coefficient (Wildman–Crippen LogP) is 2.54. The van der Waals surface area contributed by atoms with Crippen LogP contribution in [0.25, 0.3) is 0 Å². The van der Waals surface area contributed by atoms with Gasteiger partial charge in [0.1, 0.15) is 0 Å². The molecule has 1 amide bonds. The Morgan fingerprint density at radius 3 is 2.79 bits per heavy atom. The molecular weight excluding hydrogens is 381 g/mol. The van der Waals surface area contributed by atoms with Crippen LogP contribution in [0.1, 0.15) is 23.7 Å². The molecule has 0 fully saturated rings. The summed E-state index contributed by atoms with van der Waals surface area (Å²) in [6.45, 7) is 2.57. The van der Waals surface area contributed by atoms with E-state index in [0.29, 0.717) is 17.1 Å². The number of benzene rings is 1. The first-order chi connectivity index (χ1) is 8.99. The van der Waals surface area contributed by atoms with Gasteiger partial charge in [-0.05, 0) is 47.2 Å². The Morgan fingerprint density at radius 1 is 1.58 bits per heavy atom. The van der Waals surface area contributed by atoms with Crippen LogP contribution in [0.3, 0.4) is 0 Å². The molecular formula is C12H15ClIN3O2. The monoisotopic (exact) mass is 395 g/mol. The average molecular weight is 396 g/mol. The van der Waals surface area contributed by atoms with Crippen LogP contribution in [-0.2, 0) is 0 Å². The van der Waals surface area contributed by atoms with Gasteiger partial charge >= 0.3 is 0 Å². The predicted molar refractivity (Wildman–Crippen MR) is 83.8 cm³/mol. The zero-order valence-electron chi connectivity index (χ0n) is 10.4. The molecule has 0 unspecified atom stereocenters. The normalized spacial score (nSPS) is 11.4. The van der Waals surface area contributed by atoms with E-state index in [0.717, 1.165) is 9.99 Å². The minimum atomic E-state index is -0.188. The van der Waals surface area contributed by atoms with Crippen LogP contribution in [0.5, 0.6) is 0 Å². The lowest BCUT2D eigenvalue weighted by Gasteiger charge is -2.21. The SMILES string of the molecule is CCCN(C/C(N)=N/O)C(=O)c1ccc(I)c(Cl)c1. The summed E-state index contributed by atoms with van der Waals surface area (Å²) in [5.41, 5.74) is 5.94. The van der Waals surface area contributed by atoms with Crippen molar-refractivity contribution in [2.75, 3.05) is 13.1 Å². The molecule has 1 aromatic carbocycles. The van der Waals surface area contributed by atoms with Gasteiger partial charge in [0.05, 0.1) is 11.6 Å². The number of halogens is 2. The van der Waals surface area contributed by atoms with Crippen LogP contribution in [0.15, 0.2) is 23.4 Å². The van der Waals surface area contributed by atoms with Gasteiger partial charge in [-0.2, -0.15) is 0 Å². The quantitative estimate of drug-likeness (QED) is 0.264. The van der Waals surface area contributed by atoms with E-state index >= 15 is 0 Å². The number of oxime groups is 1. The van der Waals surface area contributed by atoms with Crippen molar-refractivity contribution in [1.82, 2.24) is 4.90 Å². The summed E-state index contributed by atoms with van der Waals surface area (Å²) >= 11 is 8.10. The van der Waals surface area contributed by atoms with Gasteiger partial charge < -0.3 is 15.8 Å². The Labute approximate surface area is 130 Å². The summed E-state index contributed by atoms with van der Waals surface area (Å²) < 4.78 is 0.884. The van der Waals surface area contributed by atoms with Crippen molar-refractivity contribution in [3.05, 3.63) is 32.4 Å². The number of hydrogen-bond acceptors (Lipinski definition) is 3. The van der Waals surface area contributed by atoms with Crippen molar-refractivity contribution in [2.45, 2.75) is 13.3 Å². The third-order valence-electron chi connectivity index (χ3n) is 2.43. The van der Waals surface area contributed by atoms with Gasteiger partial charge in [-0.25, -0.2) is 0 Å². The molecule has 0 heterocycles. The molecule has 5 nitrogen and oxygen atoms in total. The number of carbonyl (C=O) groups excluding carboxylic acids is 1. The summed E-state index contributed by atoms with van der Waals surface area (Å²) in [6.07, 6.45) is 0.780. The minimum absolute atomic E-state index is 0.00147. The topological polar surface area (TPSA) is 78.9 Å². The zero-order valence-corrected chi connectivity index (χ0v) is 13.3. The molecule has 0 spiro atoms. The minimum Gasteiger partial charge on any atom is -0.409 e. The average Bonchev–Trinajstić information content (AvgIpc) is 2.40. The largest absolute Gasteiger partial charge is 0.409 e. The molecule has 0 atom stereocenters. The Hall–Kier alpha value is -1.02. The molecule has 0 bridgehead atoms. The number of nitrogens with zero attached hydrogens (tertiary/aromatic N) is 2. The first-order valence-corrected chi connectivity index (χ1v) is 7.16. The first-order valence-electron chi connectivity index (χ1n) is 5.70. The molecule has 19 heavy (non-hydrogen) atoms. The Morgan fingerprint density at radius 2 is 2.26 bits per heavy atom. The van der Waals surface area contributed by atoms with Crippen LogP contribution >= 0.6 is 34.2 Å². The van der Waals surface area contributed by atoms with Crippen LogP contribution in [0, 0.1) is 3.57 Å². The summed E-state index contributed by atoms with van der Waals surface area (Å²) in [6, 6.07) is 5.12. The molecule has 0 aliphatic carbocycles. The lowest BCUT2D eigenvalue weighted by molar-refractivity contribution is 0.0778. The molecule has 0 radical (unpaired) electrons. The van der Waals surface area contributed by atoms with Gasteiger partial charge in [0, 0.05) is 15.7 Å². The van der Waals surface area contributed by atoms with Crippen molar-refractivity contribution in [3.8, 4) is 0 Å². The zero-order chi connectivity index (χ0) is 14.4. The highest BCUT2D eigenvalue weighted by Gasteiger charge is 2.17. The van der Waals surface area contributed by atoms with Crippen molar-refractivity contribution in [2.24, 2.45) is 10.9 Å². The van der Waals surface area contributed by atoms with E-state index in [2.05, 4.69) is 27.7 Å². The summed E-state index contributed by atoms with van der Waals surface area (Å²) in [7, 11) is 0. The van der Waals surface area contributed by atoms with E-state index in [1.165, 1.54) is 4.90 Å². The van der Waals surface area contributed by atoms with Crippen molar-refractivity contribution in [3.63, 3.8) is 0 Å². The van der Waals surface area contributed by atoms with Gasteiger partial charge in [0.15, 0.2) is 5.84 Å². The highest BCUT2D eigenvalue weighted by atomic mass is 127. The maximum atomic E-state index is 12.3. The second kappa shape index (κ2) is 7.54. The number of carbonyl (C=O) groups is 1. The molecule has 0 saturated heterocycles. The second-order valence-corrected chi connectivity index (χ2v) is 5.52. The molecule has 0 saturated carbocycles. The van der Waals surface area contributed by atoms with E-state index in [1.54, 1.807) is 18.2 Å². The summed E-state index contributed by atoms with van der Waals surface area (Å²) in [5.74, 6) is -0.190. The van der Waals surface area contributed by atoms with E-state index < -0.39 is 0 Å². The van der Waals surface area contributed by atoms with E-state index in [9.17, 15) is 4.79 Å². The number of nitrogens with two attached hydrogens (primary N) is 1. The lowest BCUT2D eigenvalue weighted by atomic mass is 10.2. The van der Waals surface area contributed by atoms with Gasteiger partial charge in [-0.1, -0.05) is 23.7 Å². The van der Waals surface area contributed by atoms with Crippen LogP contribution in [0.4, 0.5) is 0 Å². The fourth-order valence-corrected chi connectivity index (χ4v) is 2.08. The van der Waals surface area contributed by atoms with Gasteiger partial charge in [-0.15, -0.1) is 0 Å². The number of amides is 1. The van der Waals surface area contributed by atoms with Crippen molar-refractivity contribution in [1.29, 1.82) is 0 Å². The second-order valence-electron chi connectivity index (χ2n) is 3.95. The molecule has 104 valence electrons. The fourth-order valence-electron chi connectivity index (χ4n) is 1.56. The number of amidine groups is 1. The van der Waals surface area contributed by atoms with Crippen LogP contribution in [0.2, 0.25) is 5.02 Å². The highest BCUT2D eigenvalue weighted by molar-refractivity contribution is 14.1. The molecule has 0 aliphatic heterocycles. The standard InChI is InChI=1S/C12H15ClIN3O2/c1-2-5-17(7-11(15)16-19)12(18)8-3-4-10(14)9(13)6-8/h3-4,6,19H,2,5,7H2,1H3,(H2,15,16). The molecule has 0 aliphatic rings. The summed E-state index contributed by atoms with van der Waals surface area (Å²) in [4.78, 5) is 13.8. The Bertz CT molecular complexity index is 494. The molecule has 1 aromatic rings. The fraction of sp³-hybridized carbons (Fsp3) is 0.333. The van der Waals surface area contributed by atoms with Gasteiger partial charge in [0.25, 0.3) is 5.91 Å². The van der Waals surface area contributed by atoms with Crippen LogP contribution < -0.4 is 5.73 Å². The highest BCUT2D eigenvalue weighted by Crippen LogP contribution is 2.20. The van der Waals surface area contributed by atoms with E-state index in [1.807, 2.05) is 6.92 Å². The molecule has 1 rings (SSSR count). The Kier molecular flexibility index (Phi) is 6.36. The number of hydrogen-bond donors (Lipinski definition) is 2. The van der Waals surface area contributed by atoms with Gasteiger partial charge in [-0.3, -0.25) is 4.79 Å². The maximum Gasteiger partial charge on any atom is 0.254 e. The van der Waals surface area contributed by atoms with Crippen molar-refractivity contribution >= 4 is 45.9 Å². The summed E-state index contributed by atoms with van der Waals surface area (Å²) in [5, 5.41) is 12.0. The lowest BCUT2D eigenvalue weighted by Crippen LogP contribution is -2.39. The molecule has 3 N–H and O–H groups in total. The third-order valence-corrected chi connectivity index (χ3v) is 4.00. The van der Waals surface area contributed by atoms with Gasteiger partial charge in [0.2, 0.25) is 0 Å². The van der Waals surface area contributed by atoms with E-state index in [-0.39, 0.29) is 18.3 Å². The molecule has 7 heteroatoms.